The molecule has 8 nitrogen and oxygen atoms in total. The second-order valence-electron chi connectivity index (χ2n) is 10.3. The summed E-state index contributed by atoms with van der Waals surface area (Å²) in [6.45, 7) is 7.42. The average Bonchev–Trinajstić information content (AvgIpc) is 3.69. The van der Waals surface area contributed by atoms with Crippen LogP contribution in [-0.4, -0.2) is 63.8 Å². The van der Waals surface area contributed by atoms with E-state index in [0.717, 1.165) is 42.4 Å². The third-order valence-electron chi connectivity index (χ3n) is 7.43. The van der Waals surface area contributed by atoms with Gasteiger partial charge in [-0.25, -0.2) is 9.97 Å². The first-order valence-corrected chi connectivity index (χ1v) is 12.8. The van der Waals surface area contributed by atoms with Crippen LogP contribution in [0.1, 0.15) is 38.1 Å². The van der Waals surface area contributed by atoms with Gasteiger partial charge < -0.3 is 16.0 Å². The smallest absolute Gasteiger partial charge is 0.240 e. The number of rotatable bonds is 8. The second kappa shape index (κ2) is 9.85. The summed E-state index contributed by atoms with van der Waals surface area (Å²) < 4.78 is 0. The van der Waals surface area contributed by atoms with Crippen molar-refractivity contribution in [1.29, 1.82) is 0 Å². The van der Waals surface area contributed by atoms with Gasteiger partial charge in [-0.3, -0.25) is 14.5 Å². The fourth-order valence-electron chi connectivity index (χ4n) is 5.14. The minimum atomic E-state index is -0.523. The number of nitrogens with one attached hydrogen (secondary N) is 1. The Morgan fingerprint density at radius 2 is 1.64 bits per heavy atom. The summed E-state index contributed by atoms with van der Waals surface area (Å²) in [6, 6.07) is 17.4. The molecule has 2 heterocycles. The number of hydrogen-bond donors (Lipinski definition) is 2. The van der Waals surface area contributed by atoms with Gasteiger partial charge in [0.25, 0.3) is 0 Å². The maximum atomic E-state index is 13.4. The Hall–Kier alpha value is -3.52. The summed E-state index contributed by atoms with van der Waals surface area (Å²) in [5.41, 5.74) is 7.28. The second-order valence-corrected chi connectivity index (χ2v) is 10.3. The van der Waals surface area contributed by atoms with Gasteiger partial charge in [-0.1, -0.05) is 56.3 Å². The summed E-state index contributed by atoms with van der Waals surface area (Å²) in [5, 5.41) is 4.12. The van der Waals surface area contributed by atoms with Crippen molar-refractivity contribution in [2.75, 3.05) is 31.5 Å². The Kier molecular flexibility index (Phi) is 6.62. The lowest BCUT2D eigenvalue weighted by atomic mass is 9.94. The van der Waals surface area contributed by atoms with Crippen LogP contribution in [0.3, 0.4) is 0 Å². The molecule has 1 aliphatic carbocycles. The third kappa shape index (κ3) is 4.78. The van der Waals surface area contributed by atoms with E-state index in [9.17, 15) is 9.59 Å². The van der Waals surface area contributed by atoms with Crippen LogP contribution in [0.15, 0.2) is 54.6 Å². The zero-order chi connectivity index (χ0) is 25.3. The molecular weight excluding hydrogens is 452 g/mol. The van der Waals surface area contributed by atoms with Gasteiger partial charge in [0.1, 0.15) is 17.7 Å². The number of para-hydroxylation sites is 1. The van der Waals surface area contributed by atoms with Gasteiger partial charge in [-0.15, -0.1) is 0 Å². The number of carbonyl (C=O) groups is 2. The topological polar surface area (TPSA) is 104 Å². The number of primary amides is 1. The van der Waals surface area contributed by atoms with Crippen molar-refractivity contribution in [1.82, 2.24) is 19.8 Å². The Morgan fingerprint density at radius 1 is 0.972 bits per heavy atom. The SMILES string of the molecule is CC(C)[C@H](Nc1nc(CN2CCN(C(=O)C3(c4ccccc4)CC3)CC2)nc2ccccc12)C(N)=O. The summed E-state index contributed by atoms with van der Waals surface area (Å²) in [4.78, 5) is 39.3. The molecule has 1 aromatic heterocycles. The van der Waals surface area contributed by atoms with Crippen LogP contribution in [0.2, 0.25) is 0 Å². The van der Waals surface area contributed by atoms with E-state index in [4.69, 9.17) is 15.7 Å². The predicted molar refractivity (Wildman–Crippen MR) is 140 cm³/mol. The molecule has 2 amide bonds. The normalized spacial score (nSPS) is 18.2. The lowest BCUT2D eigenvalue weighted by Crippen LogP contribution is -2.51. The Bertz CT molecular complexity index is 1250. The Morgan fingerprint density at radius 3 is 2.28 bits per heavy atom. The highest BCUT2D eigenvalue weighted by Gasteiger charge is 2.53. The van der Waals surface area contributed by atoms with Gasteiger partial charge in [0.05, 0.1) is 17.5 Å². The Balaban J connectivity index is 1.28. The van der Waals surface area contributed by atoms with E-state index < -0.39 is 11.9 Å². The lowest BCUT2D eigenvalue weighted by Gasteiger charge is -2.36. The molecule has 2 aromatic carbocycles. The molecule has 0 unspecified atom stereocenters. The molecule has 1 atom stereocenters. The van der Waals surface area contributed by atoms with Gasteiger partial charge in [-0.2, -0.15) is 0 Å². The number of benzene rings is 2. The van der Waals surface area contributed by atoms with E-state index >= 15 is 0 Å². The van der Waals surface area contributed by atoms with E-state index in [2.05, 4.69) is 22.3 Å². The first-order valence-electron chi connectivity index (χ1n) is 12.8. The van der Waals surface area contributed by atoms with Crippen molar-refractivity contribution < 1.29 is 9.59 Å². The van der Waals surface area contributed by atoms with Crippen molar-refractivity contribution in [3.63, 3.8) is 0 Å². The molecule has 36 heavy (non-hydrogen) atoms. The van der Waals surface area contributed by atoms with Gasteiger partial charge in [0, 0.05) is 31.6 Å². The number of amides is 2. The van der Waals surface area contributed by atoms with Crippen LogP contribution >= 0.6 is 0 Å². The van der Waals surface area contributed by atoms with Crippen molar-refractivity contribution in [2.45, 2.75) is 44.7 Å². The van der Waals surface area contributed by atoms with Gasteiger partial charge in [0.2, 0.25) is 11.8 Å². The minimum Gasteiger partial charge on any atom is -0.368 e. The number of nitrogens with zero attached hydrogens (tertiary/aromatic N) is 4. The molecule has 2 aliphatic rings. The quantitative estimate of drug-likeness (QED) is 0.507. The molecular formula is C28H34N6O2. The van der Waals surface area contributed by atoms with Crippen LogP contribution in [0.5, 0.6) is 0 Å². The molecule has 3 aromatic rings. The molecule has 1 saturated carbocycles. The summed E-state index contributed by atoms with van der Waals surface area (Å²) >= 11 is 0. The van der Waals surface area contributed by atoms with Crippen LogP contribution in [-0.2, 0) is 21.5 Å². The summed E-state index contributed by atoms with van der Waals surface area (Å²) in [7, 11) is 0. The Labute approximate surface area is 211 Å². The molecule has 1 aliphatic heterocycles. The van der Waals surface area contributed by atoms with Crippen molar-refractivity contribution in [3.8, 4) is 0 Å². The number of aromatic nitrogens is 2. The highest BCUT2D eigenvalue weighted by atomic mass is 16.2. The highest BCUT2D eigenvalue weighted by molar-refractivity contribution is 5.92. The number of nitrogens with two attached hydrogens (primary N) is 1. The van der Waals surface area contributed by atoms with E-state index in [1.165, 1.54) is 0 Å². The molecule has 1 saturated heterocycles. The summed E-state index contributed by atoms with van der Waals surface area (Å²) in [6.07, 6.45) is 1.86. The van der Waals surface area contributed by atoms with Crippen molar-refractivity contribution >= 4 is 28.5 Å². The standard InChI is InChI=1S/C28H34N6O2/c1-19(2)24(25(29)35)32-26-21-10-6-7-11-22(21)30-23(31-26)18-33-14-16-34(17-15-33)27(36)28(12-13-28)20-8-4-3-5-9-20/h3-11,19,24H,12-18H2,1-2H3,(H2,29,35)(H,30,31,32)/t24-/m0/s1. The third-order valence-corrected chi connectivity index (χ3v) is 7.43. The molecule has 5 rings (SSSR count). The first kappa shape index (κ1) is 24.2. The largest absolute Gasteiger partial charge is 0.368 e. The fraction of sp³-hybridized carbons (Fsp3) is 0.429. The maximum Gasteiger partial charge on any atom is 0.240 e. The molecule has 0 radical (unpaired) electrons. The number of anilines is 1. The van der Waals surface area contributed by atoms with Crippen LogP contribution in [0, 0.1) is 5.92 Å². The zero-order valence-corrected chi connectivity index (χ0v) is 21.0. The van der Waals surface area contributed by atoms with E-state index in [0.29, 0.717) is 31.3 Å². The van der Waals surface area contributed by atoms with Crippen molar-refractivity contribution in [2.24, 2.45) is 11.7 Å². The van der Waals surface area contributed by atoms with Gasteiger partial charge in [0.15, 0.2) is 0 Å². The first-order chi connectivity index (χ1) is 17.4. The molecule has 188 valence electrons. The monoisotopic (exact) mass is 486 g/mol. The van der Waals surface area contributed by atoms with Gasteiger partial charge >= 0.3 is 0 Å². The van der Waals surface area contributed by atoms with E-state index in [1.807, 2.05) is 61.2 Å². The maximum absolute atomic E-state index is 13.4. The van der Waals surface area contributed by atoms with Crippen LogP contribution < -0.4 is 11.1 Å². The molecule has 0 spiro atoms. The van der Waals surface area contributed by atoms with Crippen molar-refractivity contribution in [3.05, 3.63) is 66.0 Å². The average molecular weight is 487 g/mol. The van der Waals surface area contributed by atoms with Crippen LogP contribution in [0.25, 0.3) is 10.9 Å². The van der Waals surface area contributed by atoms with E-state index in [1.54, 1.807) is 0 Å². The van der Waals surface area contributed by atoms with Crippen LogP contribution in [0.4, 0.5) is 5.82 Å². The summed E-state index contributed by atoms with van der Waals surface area (Å²) in [5.74, 6) is 1.19. The number of piperazine rings is 1. The fourth-order valence-corrected chi connectivity index (χ4v) is 5.14. The lowest BCUT2D eigenvalue weighted by molar-refractivity contribution is -0.135. The van der Waals surface area contributed by atoms with E-state index in [-0.39, 0.29) is 17.2 Å². The zero-order valence-electron chi connectivity index (χ0n) is 21.0. The molecule has 8 heteroatoms. The molecule has 3 N–H and O–H groups in total. The number of carbonyl (C=O) groups excluding carboxylic acids is 2. The molecule has 2 fully saturated rings. The molecule has 0 bridgehead atoms. The number of fused-ring (bicyclic) bond motifs is 1. The number of hydrogen-bond acceptors (Lipinski definition) is 6. The highest BCUT2D eigenvalue weighted by Crippen LogP contribution is 2.49. The predicted octanol–water partition coefficient (Wildman–Crippen LogP) is 2.93. The van der Waals surface area contributed by atoms with Gasteiger partial charge in [-0.05, 0) is 36.5 Å². The minimum absolute atomic E-state index is 0.0240.